The average Bonchev–Trinajstić information content (AvgIpc) is 3.64. The molecule has 0 spiro atoms. The van der Waals surface area contributed by atoms with Crippen LogP contribution in [0, 0.1) is 6.92 Å². The van der Waals surface area contributed by atoms with Gasteiger partial charge in [-0.25, -0.2) is 0 Å². The quantitative estimate of drug-likeness (QED) is 0.290. The molecule has 0 aliphatic carbocycles. The van der Waals surface area contributed by atoms with Gasteiger partial charge in [-0.15, -0.1) is 11.3 Å². The Morgan fingerprint density at radius 2 is 1.66 bits per heavy atom. The van der Waals surface area contributed by atoms with E-state index in [2.05, 4.69) is 10.6 Å². The third kappa shape index (κ3) is 6.43. The number of hydrogen-bond donors (Lipinski definition) is 2. The minimum Gasteiger partial charge on any atom is -0.467 e. The minimum atomic E-state index is -1.06. The fourth-order valence-corrected chi connectivity index (χ4v) is 4.52. The summed E-state index contributed by atoms with van der Waals surface area (Å²) in [5, 5.41) is 7.28. The number of carbonyl (C=O) groups is 4. The molecule has 0 saturated carbocycles. The Bertz CT molecular complexity index is 1400. The number of hydrogen-bond acceptors (Lipinski definition) is 6. The molecule has 0 unspecified atom stereocenters. The molecule has 9 heteroatoms. The highest BCUT2D eigenvalue weighted by molar-refractivity contribution is 7.12. The third-order valence-corrected chi connectivity index (χ3v) is 6.75. The van der Waals surface area contributed by atoms with E-state index < -0.39 is 17.9 Å². The fourth-order valence-electron chi connectivity index (χ4n) is 3.88. The van der Waals surface area contributed by atoms with Gasteiger partial charge in [0.05, 0.1) is 24.2 Å². The summed E-state index contributed by atoms with van der Waals surface area (Å²) in [5.41, 5.74) is 2.46. The van der Waals surface area contributed by atoms with Gasteiger partial charge in [0.2, 0.25) is 11.8 Å². The standard InChI is InChI=1S/C29H27N3O5S/c1-19-7-9-22(10-8-19)27(29(36)30-17-24-5-3-15-37-24)32(23-13-11-21(12-14-23)20(2)33)26(34)18-31-28(35)25-6-4-16-38-25/h3-16,27H,17-18H2,1-2H3,(H,30,36)(H,31,35)/t27-/m1/s1. The summed E-state index contributed by atoms with van der Waals surface area (Å²) in [6, 6.07) is 19.6. The Morgan fingerprint density at radius 3 is 2.26 bits per heavy atom. The van der Waals surface area contributed by atoms with Gasteiger partial charge in [0.15, 0.2) is 5.78 Å². The van der Waals surface area contributed by atoms with Crippen LogP contribution in [-0.4, -0.2) is 30.0 Å². The van der Waals surface area contributed by atoms with E-state index in [1.807, 2.05) is 19.1 Å². The summed E-state index contributed by atoms with van der Waals surface area (Å²) < 4.78 is 5.34. The summed E-state index contributed by atoms with van der Waals surface area (Å²) in [7, 11) is 0. The Morgan fingerprint density at radius 1 is 0.921 bits per heavy atom. The van der Waals surface area contributed by atoms with E-state index in [9.17, 15) is 19.2 Å². The number of ketones is 1. The number of furan rings is 1. The number of nitrogens with zero attached hydrogens (tertiary/aromatic N) is 1. The van der Waals surface area contributed by atoms with Crippen LogP contribution >= 0.6 is 11.3 Å². The zero-order valence-corrected chi connectivity index (χ0v) is 21.8. The van der Waals surface area contributed by atoms with Crippen molar-refractivity contribution in [2.24, 2.45) is 0 Å². The maximum absolute atomic E-state index is 13.7. The lowest BCUT2D eigenvalue weighted by molar-refractivity contribution is -0.126. The van der Waals surface area contributed by atoms with Crippen molar-refractivity contribution in [3.63, 3.8) is 0 Å². The Hall–Kier alpha value is -4.50. The van der Waals surface area contributed by atoms with E-state index in [-0.39, 0.29) is 24.8 Å². The van der Waals surface area contributed by atoms with Gasteiger partial charge in [-0.3, -0.25) is 24.1 Å². The molecule has 2 heterocycles. The molecule has 4 rings (SSSR count). The Labute approximate surface area is 224 Å². The highest BCUT2D eigenvalue weighted by atomic mass is 32.1. The number of Topliss-reactive ketones (excluding diaryl/α,β-unsaturated/α-hetero) is 1. The van der Waals surface area contributed by atoms with E-state index >= 15 is 0 Å². The molecular weight excluding hydrogens is 502 g/mol. The second-order valence-corrected chi connectivity index (χ2v) is 9.58. The maximum Gasteiger partial charge on any atom is 0.261 e. The van der Waals surface area contributed by atoms with Crippen molar-refractivity contribution < 1.29 is 23.6 Å². The van der Waals surface area contributed by atoms with E-state index in [1.165, 1.54) is 29.4 Å². The first-order valence-corrected chi connectivity index (χ1v) is 12.8. The van der Waals surface area contributed by atoms with Gasteiger partial charge in [-0.1, -0.05) is 35.9 Å². The van der Waals surface area contributed by atoms with Crippen molar-refractivity contribution in [3.05, 3.63) is 112 Å². The van der Waals surface area contributed by atoms with Crippen LogP contribution in [0.25, 0.3) is 0 Å². The predicted octanol–water partition coefficient (Wildman–Crippen LogP) is 4.67. The minimum absolute atomic E-state index is 0.121. The molecule has 3 amide bonds. The van der Waals surface area contributed by atoms with Crippen LogP contribution in [0.3, 0.4) is 0 Å². The maximum atomic E-state index is 13.7. The van der Waals surface area contributed by atoms with Crippen LogP contribution in [0.1, 0.15) is 49.9 Å². The monoisotopic (exact) mass is 529 g/mol. The molecule has 0 fully saturated rings. The molecule has 0 radical (unpaired) electrons. The summed E-state index contributed by atoms with van der Waals surface area (Å²) in [5.74, 6) is -0.866. The molecule has 0 aliphatic rings. The summed E-state index contributed by atoms with van der Waals surface area (Å²) in [4.78, 5) is 53.6. The van der Waals surface area contributed by atoms with Crippen molar-refractivity contribution in [3.8, 4) is 0 Å². The van der Waals surface area contributed by atoms with Crippen LogP contribution in [-0.2, 0) is 16.1 Å². The number of carbonyl (C=O) groups excluding carboxylic acids is 4. The van der Waals surface area contributed by atoms with Crippen LogP contribution < -0.4 is 15.5 Å². The number of benzene rings is 2. The molecule has 194 valence electrons. The van der Waals surface area contributed by atoms with Crippen molar-refractivity contribution >= 4 is 40.5 Å². The third-order valence-electron chi connectivity index (χ3n) is 5.88. The SMILES string of the molecule is CC(=O)c1ccc(N(C(=O)CNC(=O)c2cccs2)[C@@H](C(=O)NCc2ccco2)c2ccc(C)cc2)cc1. The molecule has 0 aliphatic heterocycles. The molecule has 0 bridgehead atoms. The molecule has 8 nitrogen and oxygen atoms in total. The van der Waals surface area contributed by atoms with Gasteiger partial charge in [0, 0.05) is 11.3 Å². The van der Waals surface area contributed by atoms with Gasteiger partial charge >= 0.3 is 0 Å². The van der Waals surface area contributed by atoms with E-state index in [1.54, 1.807) is 66.0 Å². The van der Waals surface area contributed by atoms with Crippen LogP contribution in [0.15, 0.2) is 88.9 Å². The van der Waals surface area contributed by atoms with Crippen molar-refractivity contribution in [1.82, 2.24) is 10.6 Å². The lowest BCUT2D eigenvalue weighted by atomic mass is 10.0. The number of thiophene rings is 1. The summed E-state index contributed by atoms with van der Waals surface area (Å²) >= 11 is 1.26. The first kappa shape index (κ1) is 26.6. The van der Waals surface area contributed by atoms with Gasteiger partial charge in [0.25, 0.3) is 5.91 Å². The molecular formula is C29H27N3O5S. The Kier molecular flexibility index (Phi) is 8.50. The van der Waals surface area contributed by atoms with Gasteiger partial charge < -0.3 is 15.1 Å². The van der Waals surface area contributed by atoms with E-state index in [0.717, 1.165) is 5.56 Å². The highest BCUT2D eigenvalue weighted by Gasteiger charge is 2.33. The number of amides is 3. The molecule has 38 heavy (non-hydrogen) atoms. The van der Waals surface area contributed by atoms with Crippen molar-refractivity contribution in [2.75, 3.05) is 11.4 Å². The van der Waals surface area contributed by atoms with Crippen molar-refractivity contribution in [2.45, 2.75) is 26.4 Å². The first-order chi connectivity index (χ1) is 18.3. The fraction of sp³-hybridized carbons (Fsp3) is 0.172. The summed E-state index contributed by atoms with van der Waals surface area (Å²) in [6.07, 6.45) is 1.52. The second kappa shape index (κ2) is 12.2. The van der Waals surface area contributed by atoms with Crippen molar-refractivity contribution in [1.29, 1.82) is 0 Å². The molecule has 1 atom stereocenters. The molecule has 2 aromatic carbocycles. The zero-order valence-electron chi connectivity index (χ0n) is 21.0. The highest BCUT2D eigenvalue weighted by Crippen LogP contribution is 2.29. The molecule has 4 aromatic rings. The average molecular weight is 530 g/mol. The number of rotatable bonds is 10. The van der Waals surface area contributed by atoms with E-state index in [0.29, 0.717) is 27.5 Å². The van der Waals surface area contributed by atoms with Gasteiger partial charge in [0.1, 0.15) is 11.8 Å². The topological polar surface area (TPSA) is 109 Å². The van der Waals surface area contributed by atoms with Crippen LogP contribution in [0.5, 0.6) is 0 Å². The summed E-state index contributed by atoms with van der Waals surface area (Å²) in [6.45, 7) is 3.18. The normalized spacial score (nSPS) is 11.4. The lowest BCUT2D eigenvalue weighted by Crippen LogP contribution is -2.47. The smallest absolute Gasteiger partial charge is 0.261 e. The number of aryl methyl sites for hydroxylation is 1. The lowest BCUT2D eigenvalue weighted by Gasteiger charge is -2.31. The first-order valence-electron chi connectivity index (χ1n) is 11.9. The number of nitrogens with one attached hydrogen (secondary N) is 2. The molecule has 2 aromatic heterocycles. The molecule has 0 saturated heterocycles. The second-order valence-electron chi connectivity index (χ2n) is 8.64. The van der Waals surface area contributed by atoms with Gasteiger partial charge in [-0.05, 0) is 67.3 Å². The van der Waals surface area contributed by atoms with Gasteiger partial charge in [-0.2, -0.15) is 0 Å². The van der Waals surface area contributed by atoms with Crippen LogP contribution in [0.2, 0.25) is 0 Å². The zero-order chi connectivity index (χ0) is 27.1. The Balaban J connectivity index is 1.69. The van der Waals surface area contributed by atoms with E-state index in [4.69, 9.17) is 4.42 Å². The molecule has 2 N–H and O–H groups in total. The predicted molar refractivity (Wildman–Crippen MR) is 145 cm³/mol. The number of anilines is 1. The largest absolute Gasteiger partial charge is 0.467 e. The van der Waals surface area contributed by atoms with Crippen LogP contribution in [0.4, 0.5) is 5.69 Å².